The molecule has 0 unspecified atom stereocenters. The van der Waals surface area contributed by atoms with E-state index in [1.54, 1.807) is 18.3 Å². The van der Waals surface area contributed by atoms with Gasteiger partial charge in [-0.2, -0.15) is 5.26 Å². The predicted octanol–water partition coefficient (Wildman–Crippen LogP) is 1.66. The zero-order valence-corrected chi connectivity index (χ0v) is 9.72. The molecule has 0 saturated heterocycles. The topological polar surface area (TPSA) is 67.6 Å². The fourth-order valence-corrected chi connectivity index (χ4v) is 1.78. The fraction of sp³-hybridized carbons (Fsp3) is 0.231. The van der Waals surface area contributed by atoms with Crippen LogP contribution in [-0.2, 0) is 19.9 Å². The highest BCUT2D eigenvalue weighted by Gasteiger charge is 2.04. The van der Waals surface area contributed by atoms with Crippen molar-refractivity contribution < 1.29 is 0 Å². The number of anilines is 1. The van der Waals surface area contributed by atoms with Crippen LogP contribution in [0.25, 0.3) is 0 Å². The number of aryl methyl sites for hydroxylation is 3. The molecule has 0 aliphatic carbocycles. The van der Waals surface area contributed by atoms with Crippen molar-refractivity contribution in [3.8, 4) is 6.07 Å². The second kappa shape index (κ2) is 4.71. The van der Waals surface area contributed by atoms with Gasteiger partial charge in [-0.3, -0.25) is 0 Å². The number of nitrogen functional groups attached to an aromatic ring is 1. The number of nitrogens with zero attached hydrogens (tertiary/aromatic N) is 3. The minimum atomic E-state index is 0.600. The molecule has 0 bridgehead atoms. The van der Waals surface area contributed by atoms with E-state index in [2.05, 4.69) is 11.1 Å². The molecule has 0 aliphatic heterocycles. The monoisotopic (exact) mass is 226 g/mol. The van der Waals surface area contributed by atoms with Gasteiger partial charge in [0.25, 0.3) is 0 Å². The van der Waals surface area contributed by atoms with Crippen molar-refractivity contribution in [2.75, 3.05) is 5.73 Å². The molecule has 2 aromatic rings. The van der Waals surface area contributed by atoms with Crippen LogP contribution in [-0.4, -0.2) is 9.55 Å². The molecule has 4 nitrogen and oxygen atoms in total. The van der Waals surface area contributed by atoms with Gasteiger partial charge >= 0.3 is 0 Å². The lowest BCUT2D eigenvalue weighted by Crippen LogP contribution is -2.02. The van der Waals surface area contributed by atoms with E-state index >= 15 is 0 Å². The number of aromatic nitrogens is 2. The van der Waals surface area contributed by atoms with Crippen LogP contribution in [0.4, 0.5) is 5.69 Å². The van der Waals surface area contributed by atoms with Gasteiger partial charge < -0.3 is 10.3 Å². The Bertz CT molecular complexity index is 563. The van der Waals surface area contributed by atoms with Gasteiger partial charge in [-0.15, -0.1) is 0 Å². The van der Waals surface area contributed by atoms with E-state index in [0.29, 0.717) is 11.3 Å². The fourth-order valence-electron chi connectivity index (χ4n) is 1.78. The molecule has 2 rings (SSSR count). The van der Waals surface area contributed by atoms with E-state index in [9.17, 15) is 0 Å². The Kier molecular flexibility index (Phi) is 3.10. The third-order valence-electron chi connectivity index (χ3n) is 2.81. The van der Waals surface area contributed by atoms with E-state index in [0.717, 1.165) is 24.2 Å². The molecule has 0 spiro atoms. The minimum Gasteiger partial charge on any atom is -0.398 e. The number of benzene rings is 1. The first kappa shape index (κ1) is 11.2. The number of hydrogen-bond donors (Lipinski definition) is 1. The summed E-state index contributed by atoms with van der Waals surface area (Å²) < 4.78 is 2.00. The molecule has 0 aliphatic rings. The number of hydrogen-bond acceptors (Lipinski definition) is 3. The maximum atomic E-state index is 8.75. The third kappa shape index (κ3) is 2.45. The molecule has 2 N–H and O–H groups in total. The van der Waals surface area contributed by atoms with Crippen LogP contribution < -0.4 is 5.73 Å². The summed E-state index contributed by atoms with van der Waals surface area (Å²) in [6.07, 6.45) is 5.40. The van der Waals surface area contributed by atoms with Crippen molar-refractivity contribution in [1.82, 2.24) is 9.55 Å². The van der Waals surface area contributed by atoms with E-state index < -0.39 is 0 Å². The summed E-state index contributed by atoms with van der Waals surface area (Å²) in [6.45, 7) is 0. The molecule has 0 saturated carbocycles. The summed E-state index contributed by atoms with van der Waals surface area (Å²) in [5.41, 5.74) is 8.24. The third-order valence-corrected chi connectivity index (χ3v) is 2.81. The standard InChI is InChI=1S/C13H14N4/c1-17-7-6-16-13(17)5-4-11-3-2-10(9-14)8-12(11)15/h2-3,6-8H,4-5,15H2,1H3. The van der Waals surface area contributed by atoms with E-state index in [-0.39, 0.29) is 0 Å². The van der Waals surface area contributed by atoms with Crippen LogP contribution in [0.3, 0.4) is 0 Å². The van der Waals surface area contributed by atoms with Gasteiger partial charge in [-0.05, 0) is 24.1 Å². The molecule has 1 heterocycles. The van der Waals surface area contributed by atoms with Crippen LogP contribution in [0.1, 0.15) is 17.0 Å². The number of nitrogens with two attached hydrogens (primary N) is 1. The lowest BCUT2D eigenvalue weighted by atomic mass is 10.1. The molecule has 0 amide bonds. The van der Waals surface area contributed by atoms with E-state index in [4.69, 9.17) is 11.0 Å². The Hall–Kier alpha value is -2.28. The molecule has 0 fully saturated rings. The number of nitriles is 1. The number of rotatable bonds is 3. The van der Waals surface area contributed by atoms with Gasteiger partial charge in [0.1, 0.15) is 5.82 Å². The largest absolute Gasteiger partial charge is 0.398 e. The Balaban J connectivity index is 2.10. The smallest absolute Gasteiger partial charge is 0.108 e. The van der Waals surface area contributed by atoms with Crippen molar-refractivity contribution in [3.63, 3.8) is 0 Å². The number of imidazole rings is 1. The SMILES string of the molecule is Cn1ccnc1CCc1ccc(C#N)cc1N. The molecule has 86 valence electrons. The first-order chi connectivity index (χ1) is 8.20. The van der Waals surface area contributed by atoms with Gasteiger partial charge in [0.15, 0.2) is 0 Å². The lowest BCUT2D eigenvalue weighted by Gasteiger charge is -2.06. The van der Waals surface area contributed by atoms with Crippen LogP contribution >= 0.6 is 0 Å². The summed E-state index contributed by atoms with van der Waals surface area (Å²) in [7, 11) is 1.98. The van der Waals surface area contributed by atoms with E-state index in [1.165, 1.54) is 0 Å². The summed E-state index contributed by atoms with van der Waals surface area (Å²) in [5, 5.41) is 8.75. The quantitative estimate of drug-likeness (QED) is 0.809. The Morgan fingerprint density at radius 3 is 2.82 bits per heavy atom. The zero-order valence-electron chi connectivity index (χ0n) is 9.72. The van der Waals surface area contributed by atoms with Gasteiger partial charge in [-0.1, -0.05) is 6.07 Å². The van der Waals surface area contributed by atoms with E-state index in [1.807, 2.05) is 23.9 Å². The summed E-state index contributed by atoms with van der Waals surface area (Å²) in [5.74, 6) is 1.04. The summed E-state index contributed by atoms with van der Waals surface area (Å²) in [4.78, 5) is 4.26. The van der Waals surface area contributed by atoms with Crippen molar-refractivity contribution in [1.29, 1.82) is 5.26 Å². The van der Waals surface area contributed by atoms with Crippen LogP contribution in [0.15, 0.2) is 30.6 Å². The molecular weight excluding hydrogens is 212 g/mol. The molecule has 0 atom stereocenters. The maximum Gasteiger partial charge on any atom is 0.108 e. The Morgan fingerprint density at radius 1 is 1.41 bits per heavy atom. The van der Waals surface area contributed by atoms with Crippen LogP contribution in [0.5, 0.6) is 0 Å². The lowest BCUT2D eigenvalue weighted by molar-refractivity contribution is 0.772. The molecule has 17 heavy (non-hydrogen) atoms. The van der Waals surface area contributed by atoms with Gasteiger partial charge in [0.05, 0.1) is 11.6 Å². The van der Waals surface area contributed by atoms with Gasteiger partial charge in [0, 0.05) is 31.5 Å². The molecular formula is C13H14N4. The normalized spacial score (nSPS) is 10.1. The highest BCUT2D eigenvalue weighted by atomic mass is 15.0. The predicted molar refractivity (Wildman–Crippen MR) is 66.2 cm³/mol. The van der Waals surface area contributed by atoms with Crippen molar-refractivity contribution in [3.05, 3.63) is 47.5 Å². The first-order valence-electron chi connectivity index (χ1n) is 5.45. The highest BCUT2D eigenvalue weighted by Crippen LogP contribution is 2.16. The average molecular weight is 226 g/mol. The van der Waals surface area contributed by atoms with Gasteiger partial charge in [-0.25, -0.2) is 4.98 Å². The second-order valence-electron chi connectivity index (χ2n) is 3.98. The van der Waals surface area contributed by atoms with Gasteiger partial charge in [0.2, 0.25) is 0 Å². The van der Waals surface area contributed by atoms with Crippen molar-refractivity contribution >= 4 is 5.69 Å². The maximum absolute atomic E-state index is 8.75. The molecule has 1 aromatic heterocycles. The molecule has 1 aromatic carbocycles. The summed E-state index contributed by atoms with van der Waals surface area (Å²) >= 11 is 0. The highest BCUT2D eigenvalue weighted by molar-refractivity contribution is 5.52. The molecule has 0 radical (unpaired) electrons. The molecule has 4 heteroatoms. The first-order valence-corrected chi connectivity index (χ1v) is 5.45. The summed E-state index contributed by atoms with van der Waals surface area (Å²) in [6, 6.07) is 7.50. The average Bonchev–Trinajstić information content (AvgIpc) is 2.73. The minimum absolute atomic E-state index is 0.600. The Morgan fingerprint density at radius 2 is 2.24 bits per heavy atom. The van der Waals surface area contributed by atoms with Crippen LogP contribution in [0, 0.1) is 11.3 Å². The van der Waals surface area contributed by atoms with Crippen molar-refractivity contribution in [2.45, 2.75) is 12.8 Å². The Labute approximate surface area is 100 Å². The van der Waals surface area contributed by atoms with Crippen LogP contribution in [0.2, 0.25) is 0 Å². The second-order valence-corrected chi connectivity index (χ2v) is 3.98. The zero-order chi connectivity index (χ0) is 12.3. The van der Waals surface area contributed by atoms with Crippen molar-refractivity contribution in [2.24, 2.45) is 7.05 Å².